The van der Waals surface area contributed by atoms with E-state index in [9.17, 15) is 4.79 Å². The molecule has 3 aliphatic rings. The van der Waals surface area contributed by atoms with Gasteiger partial charge in [0.25, 0.3) is 0 Å². The zero-order chi connectivity index (χ0) is 15.6. The molecule has 0 aromatic carbocycles. The van der Waals surface area contributed by atoms with Crippen molar-refractivity contribution < 1.29 is 4.79 Å². The Labute approximate surface area is 137 Å². The van der Waals surface area contributed by atoms with Gasteiger partial charge >= 0.3 is 6.03 Å². The van der Waals surface area contributed by atoms with Crippen LogP contribution in [0.15, 0.2) is 12.3 Å². The van der Waals surface area contributed by atoms with Gasteiger partial charge in [-0.05, 0) is 38.2 Å². The molecule has 23 heavy (non-hydrogen) atoms. The van der Waals surface area contributed by atoms with Gasteiger partial charge in [0.1, 0.15) is 0 Å². The Morgan fingerprint density at radius 3 is 2.83 bits per heavy atom. The fourth-order valence-electron chi connectivity index (χ4n) is 4.04. The summed E-state index contributed by atoms with van der Waals surface area (Å²) in [6.45, 7) is 4.65. The zero-order valence-electron chi connectivity index (χ0n) is 13.8. The number of rotatable bonds is 4. The molecule has 0 radical (unpaired) electrons. The maximum absolute atomic E-state index is 12.1. The number of nitrogens with zero attached hydrogens (tertiary/aromatic N) is 4. The number of urea groups is 1. The number of hydrogen-bond donors (Lipinski definition) is 1. The molecular weight excluding hydrogens is 290 g/mol. The lowest BCUT2D eigenvalue weighted by atomic mass is 9.90. The molecule has 4 rings (SSSR count). The minimum absolute atomic E-state index is 0.106. The van der Waals surface area contributed by atoms with E-state index in [4.69, 9.17) is 0 Å². The van der Waals surface area contributed by atoms with Crippen LogP contribution >= 0.6 is 0 Å². The molecule has 1 aromatic rings. The second kappa shape index (κ2) is 6.51. The molecule has 2 aliphatic heterocycles. The van der Waals surface area contributed by atoms with Gasteiger partial charge in [-0.3, -0.25) is 9.58 Å². The standard InChI is InChI=1S/C17H27N5O/c23-17(20-10-1-2-11-20)18-8-6-15-12-21(14-4-3-5-14)13-16-7-9-19-22(15)16/h7,9,14-15H,1-6,8,10-13H2,(H,18,23). The number of nitrogens with one attached hydrogen (secondary N) is 1. The van der Waals surface area contributed by atoms with Crippen LogP contribution in [0.4, 0.5) is 4.79 Å². The van der Waals surface area contributed by atoms with Gasteiger partial charge in [-0.2, -0.15) is 5.10 Å². The van der Waals surface area contributed by atoms with E-state index in [1.807, 2.05) is 11.1 Å². The molecule has 1 aromatic heterocycles. The number of hydrogen-bond acceptors (Lipinski definition) is 3. The minimum atomic E-state index is 0.106. The van der Waals surface area contributed by atoms with Gasteiger partial charge in [0.2, 0.25) is 0 Å². The average Bonchev–Trinajstić information content (AvgIpc) is 3.16. The van der Waals surface area contributed by atoms with E-state index in [0.717, 1.165) is 58.0 Å². The van der Waals surface area contributed by atoms with E-state index in [0.29, 0.717) is 6.04 Å². The highest BCUT2D eigenvalue weighted by Gasteiger charge is 2.32. The summed E-state index contributed by atoms with van der Waals surface area (Å²) in [5.41, 5.74) is 1.32. The van der Waals surface area contributed by atoms with Crippen LogP contribution in [0.2, 0.25) is 0 Å². The summed E-state index contributed by atoms with van der Waals surface area (Å²) in [5, 5.41) is 7.61. The summed E-state index contributed by atoms with van der Waals surface area (Å²) < 4.78 is 2.18. The van der Waals surface area contributed by atoms with Crippen molar-refractivity contribution >= 4 is 6.03 Å². The van der Waals surface area contributed by atoms with Crippen LogP contribution in [0.3, 0.4) is 0 Å². The normalized spacial score (nSPS) is 25.2. The highest BCUT2D eigenvalue weighted by Crippen LogP contribution is 2.31. The molecule has 1 aliphatic carbocycles. The van der Waals surface area contributed by atoms with Gasteiger partial charge in [0, 0.05) is 45.0 Å². The van der Waals surface area contributed by atoms with Gasteiger partial charge in [-0.15, -0.1) is 0 Å². The van der Waals surface area contributed by atoms with Gasteiger partial charge in [-0.25, -0.2) is 4.79 Å². The lowest BCUT2D eigenvalue weighted by Crippen LogP contribution is -2.47. The van der Waals surface area contributed by atoms with Crippen molar-refractivity contribution in [2.45, 2.75) is 57.2 Å². The molecule has 0 spiro atoms. The van der Waals surface area contributed by atoms with Crippen LogP contribution in [0.5, 0.6) is 0 Å². The van der Waals surface area contributed by atoms with Crippen molar-refractivity contribution in [1.29, 1.82) is 0 Å². The summed E-state index contributed by atoms with van der Waals surface area (Å²) in [4.78, 5) is 16.6. The van der Waals surface area contributed by atoms with Crippen LogP contribution in [0.25, 0.3) is 0 Å². The topological polar surface area (TPSA) is 53.4 Å². The maximum Gasteiger partial charge on any atom is 0.317 e. The third kappa shape index (κ3) is 3.09. The van der Waals surface area contributed by atoms with Crippen molar-refractivity contribution in [3.05, 3.63) is 18.0 Å². The predicted octanol–water partition coefficient (Wildman–Crippen LogP) is 1.99. The van der Waals surface area contributed by atoms with Crippen molar-refractivity contribution in [3.8, 4) is 0 Å². The summed E-state index contributed by atoms with van der Waals surface area (Å²) >= 11 is 0. The molecule has 1 saturated heterocycles. The fourth-order valence-corrected chi connectivity index (χ4v) is 4.04. The number of aromatic nitrogens is 2. The fraction of sp³-hybridized carbons (Fsp3) is 0.765. The lowest BCUT2D eigenvalue weighted by Gasteiger charge is -2.42. The van der Waals surface area contributed by atoms with Crippen molar-refractivity contribution in [1.82, 2.24) is 24.9 Å². The largest absolute Gasteiger partial charge is 0.338 e. The van der Waals surface area contributed by atoms with Crippen molar-refractivity contribution in [2.24, 2.45) is 0 Å². The second-order valence-electron chi connectivity index (χ2n) is 7.15. The molecule has 1 atom stereocenters. The molecule has 6 heteroatoms. The van der Waals surface area contributed by atoms with Crippen LogP contribution in [-0.2, 0) is 6.54 Å². The monoisotopic (exact) mass is 317 g/mol. The van der Waals surface area contributed by atoms with E-state index in [1.165, 1.54) is 25.0 Å². The first-order valence-corrected chi connectivity index (χ1v) is 9.10. The molecular formula is C17H27N5O. The number of carbonyl (C=O) groups is 1. The molecule has 3 heterocycles. The average molecular weight is 317 g/mol. The third-order valence-corrected chi connectivity index (χ3v) is 5.65. The highest BCUT2D eigenvalue weighted by atomic mass is 16.2. The molecule has 1 saturated carbocycles. The summed E-state index contributed by atoms with van der Waals surface area (Å²) in [7, 11) is 0. The van der Waals surface area contributed by atoms with Crippen LogP contribution in [-0.4, -0.2) is 57.8 Å². The van der Waals surface area contributed by atoms with Crippen LogP contribution in [0, 0.1) is 0 Å². The Kier molecular flexibility index (Phi) is 4.25. The smallest absolute Gasteiger partial charge is 0.317 e. The number of likely N-dealkylation sites (tertiary alicyclic amines) is 1. The van der Waals surface area contributed by atoms with Gasteiger partial charge in [0.05, 0.1) is 11.7 Å². The molecule has 0 bridgehead atoms. The molecule has 2 amide bonds. The van der Waals surface area contributed by atoms with E-state index in [2.05, 4.69) is 26.1 Å². The van der Waals surface area contributed by atoms with E-state index in [1.54, 1.807) is 0 Å². The Balaban J connectivity index is 1.33. The van der Waals surface area contributed by atoms with Crippen molar-refractivity contribution in [3.63, 3.8) is 0 Å². The van der Waals surface area contributed by atoms with Crippen LogP contribution in [0.1, 0.15) is 50.3 Å². The summed E-state index contributed by atoms with van der Waals surface area (Å²) in [5.74, 6) is 0. The first kappa shape index (κ1) is 15.0. The first-order valence-electron chi connectivity index (χ1n) is 9.10. The van der Waals surface area contributed by atoms with Gasteiger partial charge < -0.3 is 10.2 Å². The van der Waals surface area contributed by atoms with Crippen molar-refractivity contribution in [2.75, 3.05) is 26.2 Å². The SMILES string of the molecule is O=C(NCCC1CN(C2CCC2)Cc2ccnn21)N1CCCC1. The second-order valence-corrected chi connectivity index (χ2v) is 7.15. The van der Waals surface area contributed by atoms with Gasteiger partial charge in [0.15, 0.2) is 0 Å². The predicted molar refractivity (Wildman–Crippen MR) is 88.1 cm³/mol. The zero-order valence-corrected chi connectivity index (χ0v) is 13.8. The molecule has 1 N–H and O–H groups in total. The summed E-state index contributed by atoms with van der Waals surface area (Å²) in [6.07, 6.45) is 9.20. The Morgan fingerprint density at radius 2 is 2.09 bits per heavy atom. The Hall–Kier alpha value is -1.56. The van der Waals surface area contributed by atoms with E-state index in [-0.39, 0.29) is 6.03 Å². The Bertz CT molecular complexity index is 547. The van der Waals surface area contributed by atoms with Gasteiger partial charge in [-0.1, -0.05) is 6.42 Å². The first-order chi connectivity index (χ1) is 11.3. The highest BCUT2D eigenvalue weighted by molar-refractivity contribution is 5.74. The number of carbonyl (C=O) groups excluding carboxylic acids is 1. The third-order valence-electron chi connectivity index (χ3n) is 5.65. The molecule has 1 unspecified atom stereocenters. The van der Waals surface area contributed by atoms with E-state index >= 15 is 0 Å². The maximum atomic E-state index is 12.1. The Morgan fingerprint density at radius 1 is 1.26 bits per heavy atom. The minimum Gasteiger partial charge on any atom is -0.338 e. The number of amides is 2. The lowest BCUT2D eigenvalue weighted by molar-refractivity contribution is 0.0730. The number of fused-ring (bicyclic) bond motifs is 1. The molecule has 126 valence electrons. The summed E-state index contributed by atoms with van der Waals surface area (Å²) in [6, 6.07) is 3.39. The quantitative estimate of drug-likeness (QED) is 0.924. The molecule has 2 fully saturated rings. The molecule has 6 nitrogen and oxygen atoms in total. The van der Waals surface area contributed by atoms with E-state index < -0.39 is 0 Å². The van der Waals surface area contributed by atoms with Crippen LogP contribution < -0.4 is 5.32 Å².